The number of ketones is 1. The molecule has 1 N–H and O–H groups in total. The summed E-state index contributed by atoms with van der Waals surface area (Å²) in [6, 6.07) is 19.9. The highest BCUT2D eigenvalue weighted by Gasteiger charge is 2.46. The van der Waals surface area contributed by atoms with Gasteiger partial charge in [-0.25, -0.2) is 0 Å². The van der Waals surface area contributed by atoms with E-state index in [1.54, 1.807) is 19.2 Å². The van der Waals surface area contributed by atoms with Crippen LogP contribution in [0.4, 0.5) is 0 Å². The predicted octanol–water partition coefficient (Wildman–Crippen LogP) is 6.34. The van der Waals surface area contributed by atoms with E-state index in [9.17, 15) is 14.7 Å². The van der Waals surface area contributed by atoms with Crippen LogP contribution in [-0.4, -0.2) is 48.6 Å². The van der Waals surface area contributed by atoms with Crippen molar-refractivity contribution in [3.8, 4) is 11.5 Å². The highest BCUT2D eigenvalue weighted by Crippen LogP contribution is 2.41. The standard InChI is InChI=1S/C34H39NO6/c1-7-40-28-17-14-24(20-27(28)34(3,4)5)31(36)29-30(35(18-19-39-6)33(38)32(29)37)23-12-15-26(16-13-23)41-21-25-11-9-8-10-22(25)2/h8-17,20,30,36H,7,18-19,21H2,1-6H3/b31-29-. The number of aryl methyl sites for hydroxylation is 1. The molecule has 3 aromatic rings. The van der Waals surface area contributed by atoms with Crippen LogP contribution in [0, 0.1) is 6.92 Å². The molecule has 41 heavy (non-hydrogen) atoms. The van der Waals surface area contributed by atoms with Crippen molar-refractivity contribution in [3.05, 3.63) is 100 Å². The van der Waals surface area contributed by atoms with E-state index < -0.39 is 17.7 Å². The van der Waals surface area contributed by atoms with Crippen LogP contribution in [-0.2, 0) is 26.3 Å². The van der Waals surface area contributed by atoms with E-state index in [4.69, 9.17) is 14.2 Å². The summed E-state index contributed by atoms with van der Waals surface area (Å²) in [4.78, 5) is 28.0. The van der Waals surface area contributed by atoms with Gasteiger partial charge in [0.05, 0.1) is 24.8 Å². The topological polar surface area (TPSA) is 85.3 Å². The van der Waals surface area contributed by atoms with Gasteiger partial charge in [-0.1, -0.05) is 57.2 Å². The molecule has 1 aliphatic rings. The van der Waals surface area contributed by atoms with Crippen LogP contribution in [0.5, 0.6) is 11.5 Å². The molecule has 1 amide bonds. The van der Waals surface area contributed by atoms with Crippen molar-refractivity contribution in [2.45, 2.75) is 52.7 Å². The Hall–Kier alpha value is -4.10. The number of benzene rings is 3. The second-order valence-corrected chi connectivity index (χ2v) is 11.2. The number of Topliss-reactive ketones (excluding diaryl/α,β-unsaturated/α-hetero) is 1. The smallest absolute Gasteiger partial charge is 0.295 e. The second-order valence-electron chi connectivity index (χ2n) is 11.2. The lowest BCUT2D eigenvalue weighted by molar-refractivity contribution is -0.140. The van der Waals surface area contributed by atoms with E-state index in [2.05, 4.69) is 20.8 Å². The van der Waals surface area contributed by atoms with Gasteiger partial charge in [-0.15, -0.1) is 0 Å². The molecule has 1 unspecified atom stereocenters. The Bertz CT molecular complexity index is 1430. The fourth-order valence-corrected chi connectivity index (χ4v) is 5.03. The Morgan fingerprint density at radius 3 is 2.32 bits per heavy atom. The average Bonchev–Trinajstić information content (AvgIpc) is 3.20. The zero-order chi connectivity index (χ0) is 29.7. The van der Waals surface area contributed by atoms with Gasteiger partial charge in [0, 0.05) is 24.8 Å². The molecule has 0 spiro atoms. The zero-order valence-electron chi connectivity index (χ0n) is 24.7. The number of aliphatic hydroxyl groups excluding tert-OH is 1. The van der Waals surface area contributed by atoms with Crippen LogP contribution in [0.25, 0.3) is 5.76 Å². The quantitative estimate of drug-likeness (QED) is 0.178. The SMILES string of the molecule is CCOc1ccc(/C(O)=C2/C(=O)C(=O)N(CCOC)C2c2ccc(OCc3ccccc3C)cc2)cc1C(C)(C)C. The average molecular weight is 558 g/mol. The molecule has 7 heteroatoms. The minimum absolute atomic E-state index is 0.0451. The molecule has 4 rings (SSSR count). The van der Waals surface area contributed by atoms with Crippen molar-refractivity contribution in [3.63, 3.8) is 0 Å². The van der Waals surface area contributed by atoms with Crippen LogP contribution in [0.3, 0.4) is 0 Å². The first-order valence-electron chi connectivity index (χ1n) is 13.9. The Kier molecular flexibility index (Phi) is 9.18. The van der Waals surface area contributed by atoms with E-state index in [1.165, 1.54) is 4.90 Å². The number of carbonyl (C=O) groups is 2. The molecule has 1 aliphatic heterocycles. The summed E-state index contributed by atoms with van der Waals surface area (Å²) >= 11 is 0. The number of likely N-dealkylation sites (tertiary alicyclic amines) is 1. The second kappa shape index (κ2) is 12.6. The molecule has 0 saturated carbocycles. The summed E-state index contributed by atoms with van der Waals surface area (Å²) in [6.07, 6.45) is 0. The third-order valence-electron chi connectivity index (χ3n) is 7.29. The van der Waals surface area contributed by atoms with Crippen LogP contribution in [0.1, 0.15) is 61.6 Å². The van der Waals surface area contributed by atoms with Gasteiger partial charge in [0.25, 0.3) is 11.7 Å². The number of carbonyl (C=O) groups excluding carboxylic acids is 2. The largest absolute Gasteiger partial charge is 0.507 e. The van der Waals surface area contributed by atoms with Crippen LogP contribution >= 0.6 is 0 Å². The summed E-state index contributed by atoms with van der Waals surface area (Å²) in [5.74, 6) is -0.242. The predicted molar refractivity (Wildman–Crippen MR) is 159 cm³/mol. The number of hydrogen-bond donors (Lipinski definition) is 1. The lowest BCUT2D eigenvalue weighted by Gasteiger charge is -2.26. The van der Waals surface area contributed by atoms with E-state index in [0.29, 0.717) is 30.1 Å². The third kappa shape index (κ3) is 6.46. The number of nitrogens with zero attached hydrogens (tertiary/aromatic N) is 1. The van der Waals surface area contributed by atoms with Crippen molar-refractivity contribution in [1.29, 1.82) is 0 Å². The van der Waals surface area contributed by atoms with Gasteiger partial charge in [-0.05, 0) is 66.3 Å². The molecule has 0 aliphatic carbocycles. The summed E-state index contributed by atoms with van der Waals surface area (Å²) in [7, 11) is 1.54. The fourth-order valence-electron chi connectivity index (χ4n) is 5.03. The van der Waals surface area contributed by atoms with Crippen molar-refractivity contribution in [2.24, 2.45) is 0 Å². The lowest BCUT2D eigenvalue weighted by atomic mass is 9.84. The molecule has 0 aromatic heterocycles. The van der Waals surface area contributed by atoms with Gasteiger partial charge in [0.15, 0.2) is 0 Å². The first-order valence-corrected chi connectivity index (χ1v) is 13.9. The van der Waals surface area contributed by atoms with Gasteiger partial charge in [-0.3, -0.25) is 9.59 Å². The van der Waals surface area contributed by atoms with Crippen molar-refractivity contribution < 1.29 is 28.9 Å². The molecule has 1 fully saturated rings. The Labute approximate surface area is 242 Å². The molecule has 7 nitrogen and oxygen atoms in total. The minimum atomic E-state index is -0.778. The number of hydrogen-bond acceptors (Lipinski definition) is 6. The molecule has 1 heterocycles. The summed E-state index contributed by atoms with van der Waals surface area (Å²) < 4.78 is 17.1. The maximum Gasteiger partial charge on any atom is 0.295 e. The Morgan fingerprint density at radius 1 is 0.976 bits per heavy atom. The highest BCUT2D eigenvalue weighted by atomic mass is 16.5. The van der Waals surface area contributed by atoms with Crippen LogP contribution in [0.2, 0.25) is 0 Å². The minimum Gasteiger partial charge on any atom is -0.507 e. The van der Waals surface area contributed by atoms with Gasteiger partial charge in [-0.2, -0.15) is 0 Å². The van der Waals surface area contributed by atoms with E-state index in [1.807, 2.05) is 68.4 Å². The molecular weight excluding hydrogens is 518 g/mol. The molecule has 216 valence electrons. The first kappa shape index (κ1) is 29.9. The third-order valence-corrected chi connectivity index (χ3v) is 7.29. The Morgan fingerprint density at radius 2 is 1.68 bits per heavy atom. The van der Waals surface area contributed by atoms with E-state index in [-0.39, 0.29) is 29.9 Å². The van der Waals surface area contributed by atoms with Crippen LogP contribution in [0.15, 0.2) is 72.3 Å². The van der Waals surface area contributed by atoms with Crippen molar-refractivity contribution >= 4 is 17.4 Å². The normalized spacial score (nSPS) is 16.7. The Balaban J connectivity index is 1.73. The molecule has 1 saturated heterocycles. The monoisotopic (exact) mass is 557 g/mol. The van der Waals surface area contributed by atoms with Gasteiger partial charge in [0.1, 0.15) is 23.9 Å². The number of aliphatic hydroxyl groups is 1. The van der Waals surface area contributed by atoms with Gasteiger partial charge in [0.2, 0.25) is 0 Å². The molecule has 1 atom stereocenters. The van der Waals surface area contributed by atoms with E-state index in [0.717, 1.165) is 22.4 Å². The zero-order valence-corrected chi connectivity index (χ0v) is 24.7. The van der Waals surface area contributed by atoms with Crippen molar-refractivity contribution in [2.75, 3.05) is 26.9 Å². The maximum absolute atomic E-state index is 13.4. The fraction of sp³-hybridized carbons (Fsp3) is 0.353. The molecule has 3 aromatic carbocycles. The lowest BCUT2D eigenvalue weighted by Crippen LogP contribution is -2.32. The molecular formula is C34H39NO6. The molecule has 0 bridgehead atoms. The van der Waals surface area contributed by atoms with Crippen molar-refractivity contribution in [1.82, 2.24) is 4.90 Å². The van der Waals surface area contributed by atoms with Gasteiger partial charge >= 0.3 is 0 Å². The number of amides is 1. The number of ether oxygens (including phenoxy) is 3. The van der Waals surface area contributed by atoms with Gasteiger partial charge < -0.3 is 24.2 Å². The number of methoxy groups -OCH3 is 1. The summed E-state index contributed by atoms with van der Waals surface area (Å²) in [5, 5.41) is 11.6. The van der Waals surface area contributed by atoms with E-state index >= 15 is 0 Å². The first-order chi connectivity index (χ1) is 19.6. The maximum atomic E-state index is 13.4. The summed E-state index contributed by atoms with van der Waals surface area (Å²) in [5.41, 5.74) is 4.04. The highest BCUT2D eigenvalue weighted by molar-refractivity contribution is 6.46. The number of rotatable bonds is 10. The van der Waals surface area contributed by atoms with Crippen LogP contribution < -0.4 is 9.47 Å². The summed E-state index contributed by atoms with van der Waals surface area (Å²) in [6.45, 7) is 11.5. The molecule has 0 radical (unpaired) electrons.